The van der Waals surface area contributed by atoms with Crippen molar-refractivity contribution in [2.75, 3.05) is 12.3 Å². The van der Waals surface area contributed by atoms with E-state index < -0.39 is 5.54 Å². The van der Waals surface area contributed by atoms with E-state index in [-0.39, 0.29) is 17.3 Å². The van der Waals surface area contributed by atoms with Crippen LogP contribution in [0.25, 0.3) is 0 Å². The summed E-state index contributed by atoms with van der Waals surface area (Å²) >= 11 is 1.66. The Bertz CT molecular complexity index is 224. The number of nitrogens with one attached hydrogen (secondary N) is 1. The van der Waals surface area contributed by atoms with Crippen molar-refractivity contribution in [3.63, 3.8) is 0 Å². The number of rotatable bonds is 8. The van der Waals surface area contributed by atoms with E-state index >= 15 is 0 Å². The van der Waals surface area contributed by atoms with Gasteiger partial charge in [-0.25, -0.2) is 0 Å². The van der Waals surface area contributed by atoms with Gasteiger partial charge in [-0.05, 0) is 32.6 Å². The zero-order valence-electron chi connectivity index (χ0n) is 10.6. The standard InChI is InChI=1S/C11H24N2O2S/c1-5-13-11(4,10(12)15)6-7-16-9(3)8(2)14/h8-9,13-14H,5-7H2,1-4H3,(H2,12,15). The lowest BCUT2D eigenvalue weighted by molar-refractivity contribution is -0.123. The van der Waals surface area contributed by atoms with Crippen LogP contribution < -0.4 is 11.1 Å². The highest BCUT2D eigenvalue weighted by Gasteiger charge is 2.29. The zero-order chi connectivity index (χ0) is 12.8. The van der Waals surface area contributed by atoms with Crippen LogP contribution in [0.4, 0.5) is 0 Å². The van der Waals surface area contributed by atoms with Gasteiger partial charge in [0.1, 0.15) is 0 Å². The van der Waals surface area contributed by atoms with Crippen molar-refractivity contribution in [1.82, 2.24) is 5.32 Å². The van der Waals surface area contributed by atoms with Crippen LogP contribution in [-0.4, -0.2) is 40.2 Å². The van der Waals surface area contributed by atoms with Gasteiger partial charge in [0.2, 0.25) is 5.91 Å². The molecule has 5 heteroatoms. The number of amides is 1. The topological polar surface area (TPSA) is 75.3 Å². The molecular formula is C11H24N2O2S. The summed E-state index contributed by atoms with van der Waals surface area (Å²) in [5.74, 6) is 0.484. The van der Waals surface area contributed by atoms with Crippen LogP contribution >= 0.6 is 11.8 Å². The van der Waals surface area contributed by atoms with Crippen molar-refractivity contribution in [2.45, 2.75) is 51.0 Å². The SMILES string of the molecule is CCNC(C)(CCSC(C)C(C)O)C(N)=O. The van der Waals surface area contributed by atoms with Gasteiger partial charge < -0.3 is 16.2 Å². The second-order valence-corrected chi connectivity index (χ2v) is 5.78. The van der Waals surface area contributed by atoms with Gasteiger partial charge in [-0.15, -0.1) is 0 Å². The average molecular weight is 248 g/mol. The van der Waals surface area contributed by atoms with Crippen LogP contribution in [0.1, 0.15) is 34.1 Å². The largest absolute Gasteiger partial charge is 0.392 e. The third-order valence-corrected chi connectivity index (χ3v) is 4.13. The minimum atomic E-state index is -0.639. The number of thioether (sulfide) groups is 1. The molecule has 0 aromatic heterocycles. The highest BCUT2D eigenvalue weighted by atomic mass is 32.2. The first-order chi connectivity index (χ1) is 7.33. The van der Waals surface area contributed by atoms with Crippen molar-refractivity contribution < 1.29 is 9.90 Å². The second-order valence-electron chi connectivity index (χ2n) is 4.29. The first-order valence-corrected chi connectivity index (χ1v) is 6.73. The number of hydrogen-bond donors (Lipinski definition) is 3. The van der Waals surface area contributed by atoms with E-state index in [9.17, 15) is 9.90 Å². The van der Waals surface area contributed by atoms with Crippen LogP contribution in [0.3, 0.4) is 0 Å². The highest BCUT2D eigenvalue weighted by molar-refractivity contribution is 7.99. The summed E-state index contributed by atoms with van der Waals surface area (Å²) in [5.41, 5.74) is 4.73. The maximum absolute atomic E-state index is 11.3. The van der Waals surface area contributed by atoms with Gasteiger partial charge in [-0.2, -0.15) is 11.8 Å². The average Bonchev–Trinajstić information content (AvgIpc) is 2.17. The van der Waals surface area contributed by atoms with Gasteiger partial charge in [-0.3, -0.25) is 4.79 Å². The van der Waals surface area contributed by atoms with Crippen molar-refractivity contribution in [1.29, 1.82) is 0 Å². The van der Waals surface area contributed by atoms with E-state index in [1.54, 1.807) is 18.7 Å². The second kappa shape index (κ2) is 7.14. The lowest BCUT2D eigenvalue weighted by Crippen LogP contribution is -2.53. The van der Waals surface area contributed by atoms with Gasteiger partial charge in [0, 0.05) is 5.25 Å². The summed E-state index contributed by atoms with van der Waals surface area (Å²) in [5, 5.41) is 12.6. The maximum atomic E-state index is 11.3. The number of aliphatic hydroxyl groups excluding tert-OH is 1. The molecule has 0 bridgehead atoms. The Morgan fingerprint density at radius 1 is 1.56 bits per heavy atom. The first kappa shape index (κ1) is 15.7. The molecule has 0 saturated heterocycles. The Hall–Kier alpha value is -0.260. The molecule has 4 N–H and O–H groups in total. The fraction of sp³-hybridized carbons (Fsp3) is 0.909. The molecule has 0 aliphatic carbocycles. The number of primary amides is 1. The highest BCUT2D eigenvalue weighted by Crippen LogP contribution is 2.19. The first-order valence-electron chi connectivity index (χ1n) is 5.68. The third kappa shape index (κ3) is 5.18. The molecular weight excluding hydrogens is 224 g/mol. The number of aliphatic hydroxyl groups is 1. The Labute approximate surface area is 102 Å². The molecule has 0 aromatic rings. The van der Waals surface area contributed by atoms with Crippen LogP contribution in [0.5, 0.6) is 0 Å². The quantitative estimate of drug-likeness (QED) is 0.592. The van der Waals surface area contributed by atoms with Crippen molar-refractivity contribution in [3.05, 3.63) is 0 Å². The van der Waals surface area contributed by atoms with E-state index in [1.807, 2.05) is 20.8 Å². The molecule has 3 atom stereocenters. The number of carbonyl (C=O) groups excluding carboxylic acids is 1. The minimum absolute atomic E-state index is 0.179. The summed E-state index contributed by atoms with van der Waals surface area (Å²) in [4.78, 5) is 11.3. The number of hydrogen-bond acceptors (Lipinski definition) is 4. The van der Waals surface area contributed by atoms with Crippen molar-refractivity contribution in [3.8, 4) is 0 Å². The van der Waals surface area contributed by atoms with Gasteiger partial charge >= 0.3 is 0 Å². The van der Waals surface area contributed by atoms with E-state index in [1.165, 1.54) is 0 Å². The summed E-state index contributed by atoms with van der Waals surface area (Å²) in [6, 6.07) is 0. The molecule has 0 fully saturated rings. The molecule has 0 aromatic carbocycles. The van der Waals surface area contributed by atoms with E-state index in [0.29, 0.717) is 6.42 Å². The molecule has 0 aliphatic rings. The molecule has 0 heterocycles. The maximum Gasteiger partial charge on any atom is 0.237 e. The third-order valence-electron chi connectivity index (χ3n) is 2.77. The number of carbonyl (C=O) groups is 1. The molecule has 3 unspecified atom stereocenters. The molecule has 4 nitrogen and oxygen atoms in total. The summed E-state index contributed by atoms with van der Waals surface area (Å²) < 4.78 is 0. The fourth-order valence-electron chi connectivity index (χ4n) is 1.28. The normalized spacial score (nSPS) is 18.8. The van der Waals surface area contributed by atoms with Crippen LogP contribution in [0, 0.1) is 0 Å². The van der Waals surface area contributed by atoms with Gasteiger partial charge in [0.25, 0.3) is 0 Å². The van der Waals surface area contributed by atoms with Crippen molar-refractivity contribution >= 4 is 17.7 Å². The molecule has 0 rings (SSSR count). The van der Waals surface area contributed by atoms with Crippen LogP contribution in [0.2, 0.25) is 0 Å². The predicted octanol–water partition coefficient (Wildman–Crippen LogP) is 0.733. The molecule has 1 amide bonds. The van der Waals surface area contributed by atoms with E-state index in [4.69, 9.17) is 5.73 Å². The van der Waals surface area contributed by atoms with Gasteiger partial charge in [0.15, 0.2) is 0 Å². The molecule has 0 aliphatic heterocycles. The van der Waals surface area contributed by atoms with E-state index in [2.05, 4.69) is 5.32 Å². The summed E-state index contributed by atoms with van der Waals surface area (Å²) in [6.45, 7) is 8.24. The monoisotopic (exact) mass is 248 g/mol. The zero-order valence-corrected chi connectivity index (χ0v) is 11.4. The fourth-order valence-corrected chi connectivity index (χ4v) is 2.45. The Kier molecular flexibility index (Phi) is 7.03. The van der Waals surface area contributed by atoms with Gasteiger partial charge in [-0.1, -0.05) is 13.8 Å². The van der Waals surface area contributed by atoms with Crippen molar-refractivity contribution in [2.24, 2.45) is 5.73 Å². The van der Waals surface area contributed by atoms with Crippen LogP contribution in [0.15, 0.2) is 0 Å². The Morgan fingerprint density at radius 3 is 2.50 bits per heavy atom. The Balaban J connectivity index is 4.09. The number of likely N-dealkylation sites (N-methyl/N-ethyl adjacent to an activating group) is 1. The Morgan fingerprint density at radius 2 is 2.12 bits per heavy atom. The minimum Gasteiger partial charge on any atom is -0.392 e. The lowest BCUT2D eigenvalue weighted by Gasteiger charge is -2.27. The summed E-state index contributed by atoms with van der Waals surface area (Å²) in [6.07, 6.45) is 0.349. The van der Waals surface area contributed by atoms with Gasteiger partial charge in [0.05, 0.1) is 11.6 Å². The molecule has 16 heavy (non-hydrogen) atoms. The molecule has 96 valence electrons. The number of nitrogens with two attached hydrogens (primary N) is 1. The molecule has 0 saturated carbocycles. The predicted molar refractivity (Wildman–Crippen MR) is 69.5 cm³/mol. The summed E-state index contributed by atoms with van der Waals surface area (Å²) in [7, 11) is 0. The lowest BCUT2D eigenvalue weighted by atomic mass is 9.98. The van der Waals surface area contributed by atoms with E-state index in [0.717, 1.165) is 12.3 Å². The smallest absolute Gasteiger partial charge is 0.237 e. The molecule has 0 spiro atoms. The van der Waals surface area contributed by atoms with Crippen LogP contribution in [-0.2, 0) is 4.79 Å². The molecule has 0 radical (unpaired) electrons.